The maximum Gasteiger partial charge on any atom is 0.408 e. The molecule has 0 aliphatic carbocycles. The van der Waals surface area contributed by atoms with Crippen LogP contribution in [0.25, 0.3) is 0 Å². The molecule has 7 nitrogen and oxygen atoms in total. The van der Waals surface area contributed by atoms with Gasteiger partial charge in [0.05, 0.1) is 10.5 Å². The van der Waals surface area contributed by atoms with Gasteiger partial charge in [0.2, 0.25) is 0 Å². The highest BCUT2D eigenvalue weighted by molar-refractivity contribution is 5.68. The van der Waals surface area contributed by atoms with Crippen molar-refractivity contribution < 1.29 is 19.2 Å². The lowest BCUT2D eigenvalue weighted by Crippen LogP contribution is -2.49. The topological polar surface area (TPSA) is 90.7 Å². The first-order valence-electron chi connectivity index (χ1n) is 6.87. The van der Waals surface area contributed by atoms with Crippen molar-refractivity contribution >= 4 is 11.8 Å². The molecule has 0 saturated heterocycles. The van der Waals surface area contributed by atoms with Gasteiger partial charge in [0, 0.05) is 6.07 Å². The molecule has 0 spiro atoms. The van der Waals surface area contributed by atoms with Crippen molar-refractivity contribution in [3.05, 3.63) is 34.4 Å². The van der Waals surface area contributed by atoms with Crippen LogP contribution >= 0.6 is 0 Å². The zero-order valence-electron chi connectivity index (χ0n) is 13.5. The number of benzene rings is 1. The van der Waals surface area contributed by atoms with E-state index in [1.54, 1.807) is 46.8 Å². The number of alkyl carbamates (subject to hydrolysis) is 1. The van der Waals surface area contributed by atoms with Gasteiger partial charge in [-0.05, 0) is 40.7 Å². The molecule has 1 amide bonds. The number of nitrogens with zero attached hydrogens (tertiary/aromatic N) is 1. The third-order valence-corrected chi connectivity index (χ3v) is 2.49. The van der Waals surface area contributed by atoms with Crippen molar-refractivity contribution in [2.75, 3.05) is 6.61 Å². The second kappa shape index (κ2) is 6.64. The summed E-state index contributed by atoms with van der Waals surface area (Å²) in [5, 5.41) is 13.6. The fourth-order valence-electron chi connectivity index (χ4n) is 1.60. The third-order valence-electron chi connectivity index (χ3n) is 2.49. The van der Waals surface area contributed by atoms with Crippen LogP contribution in [0.15, 0.2) is 24.3 Å². The summed E-state index contributed by atoms with van der Waals surface area (Å²) in [7, 11) is 0. The van der Waals surface area contributed by atoms with Gasteiger partial charge < -0.3 is 14.8 Å². The predicted molar refractivity (Wildman–Crippen MR) is 82.0 cm³/mol. The summed E-state index contributed by atoms with van der Waals surface area (Å²) in [6.45, 7) is 8.85. The molecule has 0 radical (unpaired) electrons. The number of para-hydroxylation sites is 2. The fourth-order valence-corrected chi connectivity index (χ4v) is 1.60. The lowest BCUT2D eigenvalue weighted by molar-refractivity contribution is -0.385. The molecule has 0 bridgehead atoms. The van der Waals surface area contributed by atoms with E-state index in [4.69, 9.17) is 9.47 Å². The van der Waals surface area contributed by atoms with E-state index in [9.17, 15) is 14.9 Å². The molecule has 0 unspecified atom stereocenters. The summed E-state index contributed by atoms with van der Waals surface area (Å²) in [5.74, 6) is 0.159. The molecule has 0 aliphatic rings. The van der Waals surface area contributed by atoms with Crippen molar-refractivity contribution in [3.8, 4) is 5.75 Å². The van der Waals surface area contributed by atoms with Crippen LogP contribution in [0.2, 0.25) is 0 Å². The molecule has 0 atom stereocenters. The quantitative estimate of drug-likeness (QED) is 0.665. The number of amides is 1. The Hall–Kier alpha value is -2.31. The summed E-state index contributed by atoms with van der Waals surface area (Å²) in [4.78, 5) is 22.2. The third kappa shape index (κ3) is 5.99. The van der Waals surface area contributed by atoms with E-state index in [1.165, 1.54) is 12.1 Å². The Morgan fingerprint density at radius 1 is 1.23 bits per heavy atom. The molecule has 1 aromatic carbocycles. The average molecular weight is 310 g/mol. The van der Waals surface area contributed by atoms with E-state index in [-0.39, 0.29) is 18.0 Å². The van der Waals surface area contributed by atoms with Gasteiger partial charge in [-0.1, -0.05) is 12.1 Å². The minimum absolute atomic E-state index is 0.0666. The Labute approximate surface area is 129 Å². The number of nitro groups is 1. The Bertz CT molecular complexity index is 549. The highest BCUT2D eigenvalue weighted by Crippen LogP contribution is 2.26. The second-order valence-corrected chi connectivity index (χ2v) is 6.52. The van der Waals surface area contributed by atoms with E-state index in [2.05, 4.69) is 5.32 Å². The summed E-state index contributed by atoms with van der Waals surface area (Å²) in [5.41, 5.74) is -1.46. The van der Waals surface area contributed by atoms with Crippen LogP contribution in [0, 0.1) is 10.1 Å². The molecular formula is C15H22N2O5. The van der Waals surface area contributed by atoms with Crippen LogP contribution in [0.5, 0.6) is 5.75 Å². The van der Waals surface area contributed by atoms with Gasteiger partial charge in [0.25, 0.3) is 0 Å². The molecule has 1 rings (SSSR count). The molecule has 0 heterocycles. The largest absolute Gasteiger partial charge is 0.484 e. The summed E-state index contributed by atoms with van der Waals surface area (Å²) in [6.07, 6.45) is -0.566. The number of carbonyl (C=O) groups is 1. The highest BCUT2D eigenvalue weighted by Gasteiger charge is 2.26. The van der Waals surface area contributed by atoms with E-state index in [0.29, 0.717) is 0 Å². The minimum atomic E-state index is -0.744. The van der Waals surface area contributed by atoms with Crippen molar-refractivity contribution in [2.45, 2.75) is 45.8 Å². The molecule has 122 valence electrons. The number of rotatable bonds is 5. The highest BCUT2D eigenvalue weighted by atomic mass is 16.6. The first kappa shape index (κ1) is 17.7. The number of nitro benzene ring substituents is 1. The molecule has 0 fully saturated rings. The van der Waals surface area contributed by atoms with Gasteiger partial charge in [-0.3, -0.25) is 10.1 Å². The SMILES string of the molecule is CC(C)(COc1ccccc1[N+](=O)[O-])NC(=O)OC(C)(C)C. The lowest BCUT2D eigenvalue weighted by Gasteiger charge is -2.28. The monoisotopic (exact) mass is 310 g/mol. The van der Waals surface area contributed by atoms with Gasteiger partial charge in [-0.2, -0.15) is 0 Å². The van der Waals surface area contributed by atoms with Crippen LogP contribution in [0.4, 0.5) is 10.5 Å². The molecule has 7 heteroatoms. The van der Waals surface area contributed by atoms with E-state index in [1.807, 2.05) is 0 Å². The standard InChI is InChI=1S/C15H22N2O5/c1-14(2,3)22-13(18)16-15(4,5)10-21-12-9-7-6-8-11(12)17(19)20/h6-9H,10H2,1-5H3,(H,16,18). The number of nitrogens with one attached hydrogen (secondary N) is 1. The second-order valence-electron chi connectivity index (χ2n) is 6.52. The summed E-state index contributed by atoms with van der Waals surface area (Å²) in [6, 6.07) is 6.09. The molecule has 1 N–H and O–H groups in total. The van der Waals surface area contributed by atoms with Crippen LogP contribution < -0.4 is 10.1 Å². The first-order valence-corrected chi connectivity index (χ1v) is 6.87. The number of hydrogen-bond acceptors (Lipinski definition) is 5. The number of carbonyl (C=O) groups excluding carboxylic acids is 1. The first-order chi connectivity index (χ1) is 10.0. The number of hydrogen-bond donors (Lipinski definition) is 1. The normalized spacial score (nSPS) is 11.7. The molecule has 0 aliphatic heterocycles. The van der Waals surface area contributed by atoms with Crippen LogP contribution in [-0.2, 0) is 4.74 Å². The van der Waals surface area contributed by atoms with Crippen molar-refractivity contribution in [1.82, 2.24) is 5.32 Å². The fraction of sp³-hybridized carbons (Fsp3) is 0.533. The molecular weight excluding hydrogens is 288 g/mol. The zero-order valence-corrected chi connectivity index (χ0v) is 13.5. The minimum Gasteiger partial charge on any atom is -0.484 e. The van der Waals surface area contributed by atoms with Gasteiger partial charge in [0.15, 0.2) is 5.75 Å². The van der Waals surface area contributed by atoms with E-state index < -0.39 is 22.2 Å². The van der Waals surface area contributed by atoms with Crippen molar-refractivity contribution in [3.63, 3.8) is 0 Å². The van der Waals surface area contributed by atoms with Gasteiger partial charge in [0.1, 0.15) is 12.2 Å². The Morgan fingerprint density at radius 2 is 1.82 bits per heavy atom. The lowest BCUT2D eigenvalue weighted by atomic mass is 10.1. The van der Waals surface area contributed by atoms with Gasteiger partial charge >= 0.3 is 11.8 Å². The average Bonchev–Trinajstić information content (AvgIpc) is 2.33. The van der Waals surface area contributed by atoms with E-state index in [0.717, 1.165) is 0 Å². The molecule has 0 saturated carbocycles. The molecule has 0 aromatic heterocycles. The van der Waals surface area contributed by atoms with Crippen molar-refractivity contribution in [2.24, 2.45) is 0 Å². The number of ether oxygens (including phenoxy) is 2. The maximum absolute atomic E-state index is 11.8. The zero-order chi connectivity index (χ0) is 17.0. The smallest absolute Gasteiger partial charge is 0.408 e. The maximum atomic E-state index is 11.8. The Kier molecular flexibility index (Phi) is 5.35. The van der Waals surface area contributed by atoms with Crippen LogP contribution in [0.3, 0.4) is 0 Å². The van der Waals surface area contributed by atoms with Crippen LogP contribution in [-0.4, -0.2) is 28.8 Å². The summed E-state index contributed by atoms with van der Waals surface area (Å²) >= 11 is 0. The predicted octanol–water partition coefficient (Wildman–Crippen LogP) is 3.28. The molecule has 22 heavy (non-hydrogen) atoms. The van der Waals surface area contributed by atoms with E-state index >= 15 is 0 Å². The Balaban J connectivity index is 2.66. The van der Waals surface area contributed by atoms with Crippen LogP contribution in [0.1, 0.15) is 34.6 Å². The summed E-state index contributed by atoms with van der Waals surface area (Å²) < 4.78 is 10.7. The van der Waals surface area contributed by atoms with Gasteiger partial charge in [-0.15, -0.1) is 0 Å². The van der Waals surface area contributed by atoms with Gasteiger partial charge in [-0.25, -0.2) is 4.79 Å². The van der Waals surface area contributed by atoms with Crippen molar-refractivity contribution in [1.29, 1.82) is 0 Å². The molecule has 1 aromatic rings. The Morgan fingerprint density at radius 3 is 2.36 bits per heavy atom.